The van der Waals surface area contributed by atoms with Crippen molar-refractivity contribution < 1.29 is 24.1 Å². The van der Waals surface area contributed by atoms with E-state index in [9.17, 15) is 4.79 Å². The van der Waals surface area contributed by atoms with Gasteiger partial charge in [0.1, 0.15) is 0 Å². The van der Waals surface area contributed by atoms with Crippen LogP contribution in [0.1, 0.15) is 44.2 Å². The Hall–Kier alpha value is -2.53. The Morgan fingerprint density at radius 3 is 2.67 bits per heavy atom. The van der Waals surface area contributed by atoms with Gasteiger partial charge >= 0.3 is 5.97 Å². The number of benzene rings is 2. The van der Waals surface area contributed by atoms with Crippen LogP contribution in [0.3, 0.4) is 0 Å². The van der Waals surface area contributed by atoms with E-state index in [0.29, 0.717) is 18.1 Å². The molecule has 146 valence electrons. The molecule has 1 N–H and O–H groups in total. The van der Waals surface area contributed by atoms with Gasteiger partial charge in [0, 0.05) is 18.6 Å². The molecule has 0 aromatic heterocycles. The molecule has 0 spiro atoms. The maximum absolute atomic E-state index is 11.0. The van der Waals surface area contributed by atoms with Gasteiger partial charge in [0.25, 0.3) is 0 Å². The Kier molecular flexibility index (Phi) is 8.14. The molecule has 0 aliphatic carbocycles. The van der Waals surface area contributed by atoms with E-state index >= 15 is 0 Å². The number of ether oxygens (including phenoxy) is 3. The third kappa shape index (κ3) is 5.47. The number of methoxy groups -OCH3 is 1. The highest BCUT2D eigenvalue weighted by Crippen LogP contribution is 2.41. The molecule has 0 atom stereocenters. The first-order chi connectivity index (χ1) is 13.1. The summed E-state index contributed by atoms with van der Waals surface area (Å²) in [6.07, 6.45) is 6.72. The van der Waals surface area contributed by atoms with Crippen molar-refractivity contribution in [3.8, 4) is 11.5 Å². The lowest BCUT2D eigenvalue weighted by atomic mass is 9.96. The summed E-state index contributed by atoms with van der Waals surface area (Å²) in [5.74, 6) is 0.273. The van der Waals surface area contributed by atoms with Gasteiger partial charge in [0.15, 0.2) is 18.3 Å². The average Bonchev–Trinajstić information content (AvgIpc) is 2.67. The number of fused-ring (bicyclic) bond motifs is 1. The molecule has 0 aliphatic rings. The van der Waals surface area contributed by atoms with Gasteiger partial charge in [-0.25, -0.2) is 4.79 Å². The summed E-state index contributed by atoms with van der Waals surface area (Å²) >= 11 is 0. The Morgan fingerprint density at radius 1 is 1.19 bits per heavy atom. The van der Waals surface area contributed by atoms with Crippen LogP contribution in [0.2, 0.25) is 0 Å². The zero-order valence-electron chi connectivity index (χ0n) is 16.3. The van der Waals surface area contributed by atoms with Gasteiger partial charge in [0.2, 0.25) is 0 Å². The molecule has 0 saturated heterocycles. The number of unbranched alkanes of at least 4 members (excludes halogenated alkanes) is 2. The van der Waals surface area contributed by atoms with Crippen molar-refractivity contribution in [2.45, 2.75) is 39.5 Å². The van der Waals surface area contributed by atoms with Crippen LogP contribution < -0.4 is 9.47 Å². The molecule has 2 aromatic rings. The second kappa shape index (κ2) is 10.6. The molecule has 0 radical (unpaired) electrons. The van der Waals surface area contributed by atoms with Gasteiger partial charge in [-0.05, 0) is 41.5 Å². The molecular weight excluding hydrogens is 344 g/mol. The van der Waals surface area contributed by atoms with Crippen molar-refractivity contribution in [3.63, 3.8) is 0 Å². The summed E-state index contributed by atoms with van der Waals surface area (Å²) in [7, 11) is 1.58. The minimum Gasteiger partial charge on any atom is -0.490 e. The molecule has 2 aromatic carbocycles. The van der Waals surface area contributed by atoms with Crippen LogP contribution in [-0.2, 0) is 16.0 Å². The maximum atomic E-state index is 11.0. The Labute approximate surface area is 160 Å². The Morgan fingerprint density at radius 2 is 2.00 bits per heavy atom. The largest absolute Gasteiger partial charge is 0.490 e. The highest BCUT2D eigenvalue weighted by molar-refractivity contribution is 6.00. The number of carbonyl (C=O) groups is 1. The number of hydrogen-bond donors (Lipinski definition) is 1. The van der Waals surface area contributed by atoms with Crippen LogP contribution in [0.5, 0.6) is 11.5 Å². The second-order valence-corrected chi connectivity index (χ2v) is 6.26. The molecule has 0 heterocycles. The third-order valence-electron chi connectivity index (χ3n) is 4.31. The van der Waals surface area contributed by atoms with Crippen molar-refractivity contribution in [3.05, 3.63) is 41.5 Å². The van der Waals surface area contributed by atoms with Crippen LogP contribution >= 0.6 is 0 Å². The Balaban J connectivity index is 2.61. The maximum Gasteiger partial charge on any atom is 0.328 e. The van der Waals surface area contributed by atoms with Crippen molar-refractivity contribution in [1.29, 1.82) is 0 Å². The van der Waals surface area contributed by atoms with Crippen molar-refractivity contribution in [2.75, 3.05) is 20.5 Å². The van der Waals surface area contributed by atoms with E-state index in [4.69, 9.17) is 19.3 Å². The van der Waals surface area contributed by atoms with Gasteiger partial charge in [0.05, 0.1) is 6.61 Å². The summed E-state index contributed by atoms with van der Waals surface area (Å²) in [5, 5.41) is 10.9. The molecule has 5 nitrogen and oxygen atoms in total. The van der Waals surface area contributed by atoms with Gasteiger partial charge in [-0.3, -0.25) is 0 Å². The second-order valence-electron chi connectivity index (χ2n) is 6.26. The van der Waals surface area contributed by atoms with Crippen LogP contribution in [0.4, 0.5) is 0 Å². The van der Waals surface area contributed by atoms with Crippen LogP contribution in [0, 0.1) is 0 Å². The predicted octanol–water partition coefficient (Wildman–Crippen LogP) is 5.05. The minimum atomic E-state index is -0.986. The molecule has 0 fully saturated rings. The third-order valence-corrected chi connectivity index (χ3v) is 4.31. The number of rotatable bonds is 11. The van der Waals surface area contributed by atoms with E-state index < -0.39 is 5.97 Å². The average molecular weight is 372 g/mol. The molecule has 0 aliphatic heterocycles. The van der Waals surface area contributed by atoms with Crippen LogP contribution in [0.25, 0.3) is 16.8 Å². The van der Waals surface area contributed by atoms with E-state index in [1.54, 1.807) is 13.2 Å². The number of carboxylic acid groups (broad SMARTS) is 1. The van der Waals surface area contributed by atoms with E-state index in [1.807, 2.05) is 24.3 Å². The monoisotopic (exact) mass is 372 g/mol. The lowest BCUT2D eigenvalue weighted by molar-refractivity contribution is -0.131. The SMILES string of the molecule is CCCCCOc1cc(/C=C\C(=O)O)c2cccc(CC)c2c1OCOC. The highest BCUT2D eigenvalue weighted by atomic mass is 16.7. The summed E-state index contributed by atoms with van der Waals surface area (Å²) in [5.41, 5.74) is 1.90. The summed E-state index contributed by atoms with van der Waals surface area (Å²) in [6.45, 7) is 4.92. The zero-order chi connectivity index (χ0) is 19.6. The quantitative estimate of drug-likeness (QED) is 0.340. The fraction of sp³-hybridized carbons (Fsp3) is 0.409. The first-order valence-electron chi connectivity index (χ1n) is 9.36. The molecule has 2 rings (SSSR count). The predicted molar refractivity (Wildman–Crippen MR) is 108 cm³/mol. The fourth-order valence-corrected chi connectivity index (χ4v) is 3.01. The van der Waals surface area contributed by atoms with E-state index in [-0.39, 0.29) is 6.79 Å². The van der Waals surface area contributed by atoms with E-state index in [2.05, 4.69) is 13.8 Å². The molecule has 0 unspecified atom stereocenters. The minimum absolute atomic E-state index is 0.114. The van der Waals surface area contributed by atoms with E-state index in [1.165, 1.54) is 0 Å². The number of aryl methyl sites for hydroxylation is 1. The van der Waals surface area contributed by atoms with Crippen molar-refractivity contribution in [1.82, 2.24) is 0 Å². The normalized spacial score (nSPS) is 11.2. The zero-order valence-corrected chi connectivity index (χ0v) is 16.3. The number of hydrogen-bond acceptors (Lipinski definition) is 4. The molecular formula is C22H28O5. The lowest BCUT2D eigenvalue weighted by Gasteiger charge is -2.18. The standard InChI is InChI=1S/C22H28O5/c1-4-6-7-13-26-19-14-17(11-12-20(23)24)18-10-8-9-16(5-2)21(18)22(19)27-15-25-3/h8-12,14H,4-7,13,15H2,1-3H3,(H,23,24)/b12-11-. The van der Waals surface area contributed by atoms with Gasteiger partial charge in [-0.15, -0.1) is 0 Å². The van der Waals surface area contributed by atoms with Crippen molar-refractivity contribution in [2.24, 2.45) is 0 Å². The number of carboxylic acids is 1. The van der Waals surface area contributed by atoms with E-state index in [0.717, 1.165) is 53.7 Å². The first-order valence-corrected chi connectivity index (χ1v) is 9.36. The van der Waals surface area contributed by atoms with Crippen molar-refractivity contribution >= 4 is 22.8 Å². The highest BCUT2D eigenvalue weighted by Gasteiger charge is 2.17. The van der Waals surface area contributed by atoms with Crippen LogP contribution in [0.15, 0.2) is 30.3 Å². The van der Waals surface area contributed by atoms with Gasteiger partial charge in [-0.1, -0.05) is 44.9 Å². The van der Waals surface area contributed by atoms with Gasteiger partial charge in [-0.2, -0.15) is 0 Å². The summed E-state index contributed by atoms with van der Waals surface area (Å²) < 4.78 is 17.0. The number of aliphatic carboxylic acids is 1. The fourth-order valence-electron chi connectivity index (χ4n) is 3.01. The van der Waals surface area contributed by atoms with Gasteiger partial charge < -0.3 is 19.3 Å². The topological polar surface area (TPSA) is 65.0 Å². The molecule has 27 heavy (non-hydrogen) atoms. The summed E-state index contributed by atoms with van der Waals surface area (Å²) in [4.78, 5) is 11.0. The van der Waals surface area contributed by atoms with Crippen LogP contribution in [-0.4, -0.2) is 31.6 Å². The molecule has 0 saturated carbocycles. The Bertz CT molecular complexity index is 795. The lowest BCUT2D eigenvalue weighted by Crippen LogP contribution is -2.05. The molecule has 0 amide bonds. The first kappa shape index (κ1) is 20.8. The molecule has 0 bridgehead atoms. The molecule has 5 heteroatoms. The smallest absolute Gasteiger partial charge is 0.328 e. The summed E-state index contributed by atoms with van der Waals surface area (Å²) in [6, 6.07) is 7.84.